The topological polar surface area (TPSA) is 83.6 Å². The summed E-state index contributed by atoms with van der Waals surface area (Å²) in [6, 6.07) is 6.74. The molecule has 1 aliphatic heterocycles. The molecule has 0 bridgehead atoms. The fourth-order valence-corrected chi connectivity index (χ4v) is 4.56. The molecule has 1 aromatic carbocycles. The van der Waals surface area contributed by atoms with Crippen LogP contribution in [0.4, 0.5) is 0 Å². The first kappa shape index (κ1) is 21.0. The number of fused-ring (bicyclic) bond motifs is 1. The summed E-state index contributed by atoms with van der Waals surface area (Å²) in [7, 11) is 1.33. The second kappa shape index (κ2) is 8.83. The Bertz CT molecular complexity index is 1150. The zero-order valence-corrected chi connectivity index (χ0v) is 18.2. The van der Waals surface area contributed by atoms with Gasteiger partial charge in [-0.3, -0.25) is 9.36 Å². The highest BCUT2D eigenvalue weighted by molar-refractivity contribution is 7.98. The van der Waals surface area contributed by atoms with Crippen molar-refractivity contribution in [1.29, 1.82) is 0 Å². The molecule has 0 unspecified atom stereocenters. The Balaban J connectivity index is 1.67. The maximum Gasteiger partial charge on any atom is 0.341 e. The number of carbonyl (C=O) groups excluding carboxylic acids is 1. The molecule has 1 atom stereocenters. The van der Waals surface area contributed by atoms with Gasteiger partial charge in [-0.2, -0.15) is 0 Å². The zero-order chi connectivity index (χ0) is 21.3. The second-order valence-corrected chi connectivity index (χ2v) is 8.45. The van der Waals surface area contributed by atoms with E-state index in [9.17, 15) is 9.59 Å². The van der Waals surface area contributed by atoms with Gasteiger partial charge >= 0.3 is 5.97 Å². The van der Waals surface area contributed by atoms with Gasteiger partial charge in [0.25, 0.3) is 5.56 Å². The van der Waals surface area contributed by atoms with Gasteiger partial charge in [-0.05, 0) is 44.0 Å². The third-order valence-corrected chi connectivity index (χ3v) is 6.24. The highest BCUT2D eigenvalue weighted by Crippen LogP contribution is 2.27. The molecule has 0 aliphatic carbocycles. The summed E-state index contributed by atoms with van der Waals surface area (Å²) in [6.45, 7) is 2.86. The van der Waals surface area contributed by atoms with Gasteiger partial charge < -0.3 is 13.9 Å². The highest BCUT2D eigenvalue weighted by Gasteiger charge is 2.21. The van der Waals surface area contributed by atoms with Crippen molar-refractivity contribution in [2.75, 3.05) is 13.7 Å². The van der Waals surface area contributed by atoms with Crippen LogP contribution in [0, 0.1) is 6.92 Å². The minimum atomic E-state index is -0.443. The first-order valence-corrected chi connectivity index (χ1v) is 10.9. The molecule has 0 spiro atoms. The predicted molar refractivity (Wildman–Crippen MR) is 114 cm³/mol. The highest BCUT2D eigenvalue weighted by atomic mass is 35.5. The van der Waals surface area contributed by atoms with Crippen LogP contribution < -0.4 is 5.56 Å². The van der Waals surface area contributed by atoms with Crippen molar-refractivity contribution in [3.63, 3.8) is 0 Å². The van der Waals surface area contributed by atoms with Crippen LogP contribution in [-0.2, 0) is 21.8 Å². The van der Waals surface area contributed by atoms with E-state index in [1.807, 2.05) is 0 Å². The summed E-state index contributed by atoms with van der Waals surface area (Å²) in [5.74, 6) is 1.05. The van der Waals surface area contributed by atoms with Crippen molar-refractivity contribution in [1.82, 2.24) is 9.55 Å². The molecule has 0 saturated carbocycles. The van der Waals surface area contributed by atoms with Crippen molar-refractivity contribution < 1.29 is 18.7 Å². The van der Waals surface area contributed by atoms with Gasteiger partial charge in [0, 0.05) is 11.6 Å². The summed E-state index contributed by atoms with van der Waals surface area (Å²) in [5.41, 5.74) is 0.813. The number of ether oxygens (including phenoxy) is 2. The molecule has 7 nitrogen and oxygen atoms in total. The first-order valence-electron chi connectivity index (χ1n) is 9.58. The van der Waals surface area contributed by atoms with E-state index < -0.39 is 5.97 Å². The summed E-state index contributed by atoms with van der Waals surface area (Å²) < 4.78 is 17.9. The number of halogens is 1. The number of thioether (sulfide) groups is 1. The molecule has 0 amide bonds. The molecular formula is C21H21ClN2O5S. The molecule has 1 aliphatic rings. The number of methoxy groups -OCH3 is 1. The third-order valence-electron chi connectivity index (χ3n) is 5.01. The molecule has 0 radical (unpaired) electrons. The molecule has 3 aromatic rings. The van der Waals surface area contributed by atoms with Crippen LogP contribution in [-0.4, -0.2) is 35.3 Å². The van der Waals surface area contributed by atoms with Crippen molar-refractivity contribution in [2.24, 2.45) is 0 Å². The Morgan fingerprint density at radius 3 is 2.97 bits per heavy atom. The van der Waals surface area contributed by atoms with Crippen LogP contribution in [0.3, 0.4) is 0 Å². The van der Waals surface area contributed by atoms with Gasteiger partial charge in [0.1, 0.15) is 17.1 Å². The van der Waals surface area contributed by atoms with Gasteiger partial charge in [-0.25, -0.2) is 9.78 Å². The van der Waals surface area contributed by atoms with E-state index in [-0.39, 0.29) is 11.7 Å². The van der Waals surface area contributed by atoms with Gasteiger partial charge in [-0.15, -0.1) is 0 Å². The number of nitrogens with zero attached hydrogens (tertiary/aromatic N) is 2. The fourth-order valence-electron chi connectivity index (χ4n) is 3.50. The summed E-state index contributed by atoms with van der Waals surface area (Å²) >= 11 is 7.47. The van der Waals surface area contributed by atoms with Gasteiger partial charge in [0.2, 0.25) is 0 Å². The number of hydrogen-bond acceptors (Lipinski definition) is 7. The third kappa shape index (κ3) is 4.26. The van der Waals surface area contributed by atoms with Crippen LogP contribution in [0.25, 0.3) is 10.9 Å². The van der Waals surface area contributed by atoms with Crippen molar-refractivity contribution in [3.05, 3.63) is 56.7 Å². The van der Waals surface area contributed by atoms with Gasteiger partial charge in [0.15, 0.2) is 5.16 Å². The maximum atomic E-state index is 13.2. The maximum absolute atomic E-state index is 13.2. The molecule has 1 saturated heterocycles. The predicted octanol–water partition coefficient (Wildman–Crippen LogP) is 4.21. The molecule has 1 fully saturated rings. The molecule has 9 heteroatoms. The number of furan rings is 1. The number of aryl methyl sites for hydroxylation is 1. The second-order valence-electron chi connectivity index (χ2n) is 7.07. The zero-order valence-electron chi connectivity index (χ0n) is 16.6. The number of carbonyl (C=O) groups is 1. The molecule has 30 heavy (non-hydrogen) atoms. The lowest BCUT2D eigenvalue weighted by molar-refractivity contribution is 0.0598. The Morgan fingerprint density at radius 1 is 1.40 bits per heavy atom. The SMILES string of the molecule is COC(=O)c1cc(CSc2nc3cc(Cl)ccc3c(=O)n2C[C@H]2CCCO2)oc1C. The number of rotatable bonds is 6. The smallest absolute Gasteiger partial charge is 0.341 e. The summed E-state index contributed by atoms with van der Waals surface area (Å²) in [5, 5.41) is 1.59. The average Bonchev–Trinajstić information content (AvgIpc) is 3.37. The van der Waals surface area contributed by atoms with E-state index in [4.69, 9.17) is 25.5 Å². The van der Waals surface area contributed by atoms with E-state index in [2.05, 4.69) is 4.98 Å². The number of esters is 1. The van der Waals surface area contributed by atoms with Crippen LogP contribution >= 0.6 is 23.4 Å². The Labute approximate surface area is 182 Å². The summed E-state index contributed by atoms with van der Waals surface area (Å²) in [6.07, 6.45) is 1.89. The number of aromatic nitrogens is 2. The van der Waals surface area contributed by atoms with E-state index in [1.165, 1.54) is 18.9 Å². The Hall–Kier alpha value is -2.29. The van der Waals surface area contributed by atoms with E-state index in [0.29, 0.717) is 57.1 Å². The quantitative estimate of drug-likeness (QED) is 0.317. The normalized spacial score (nSPS) is 16.3. The molecular weight excluding hydrogens is 428 g/mol. The van der Waals surface area contributed by atoms with Crippen molar-refractivity contribution in [2.45, 2.75) is 43.3 Å². The monoisotopic (exact) mass is 448 g/mol. The van der Waals surface area contributed by atoms with Gasteiger partial charge in [-0.1, -0.05) is 23.4 Å². The van der Waals surface area contributed by atoms with E-state index in [0.717, 1.165) is 12.8 Å². The molecule has 2 aromatic heterocycles. The van der Waals surface area contributed by atoms with Crippen LogP contribution in [0.5, 0.6) is 0 Å². The van der Waals surface area contributed by atoms with Gasteiger partial charge in [0.05, 0.1) is 36.4 Å². The summed E-state index contributed by atoms with van der Waals surface area (Å²) in [4.78, 5) is 29.7. The van der Waals surface area contributed by atoms with Crippen LogP contribution in [0.2, 0.25) is 5.02 Å². The number of benzene rings is 1. The van der Waals surface area contributed by atoms with Crippen molar-refractivity contribution in [3.8, 4) is 0 Å². The van der Waals surface area contributed by atoms with Crippen molar-refractivity contribution >= 4 is 40.2 Å². The lowest BCUT2D eigenvalue weighted by Crippen LogP contribution is -2.28. The standard InChI is InChI=1S/C21H21ClN2O5S/c1-12-17(20(26)27-2)9-15(29-12)11-30-21-23-18-8-13(22)5-6-16(18)19(25)24(21)10-14-4-3-7-28-14/h5-6,8-9,14H,3-4,7,10-11H2,1-2H3/t14-/m1/s1. The van der Waals surface area contributed by atoms with E-state index in [1.54, 1.807) is 35.8 Å². The first-order chi connectivity index (χ1) is 14.5. The van der Waals surface area contributed by atoms with Crippen LogP contribution in [0.15, 0.2) is 38.6 Å². The minimum Gasteiger partial charge on any atom is -0.465 e. The molecule has 3 heterocycles. The lowest BCUT2D eigenvalue weighted by Gasteiger charge is -2.16. The largest absolute Gasteiger partial charge is 0.465 e. The fraction of sp³-hybridized carbons (Fsp3) is 0.381. The van der Waals surface area contributed by atoms with E-state index >= 15 is 0 Å². The number of hydrogen-bond donors (Lipinski definition) is 0. The Kier molecular flexibility index (Phi) is 6.17. The minimum absolute atomic E-state index is 0.00890. The average molecular weight is 449 g/mol. The molecule has 158 valence electrons. The lowest BCUT2D eigenvalue weighted by atomic mass is 10.2. The molecule has 4 rings (SSSR count). The Morgan fingerprint density at radius 2 is 2.23 bits per heavy atom. The molecule has 0 N–H and O–H groups in total. The van der Waals surface area contributed by atoms with Crippen LogP contribution in [0.1, 0.15) is 34.7 Å².